The first-order valence-corrected chi connectivity index (χ1v) is 7.74. The molecule has 2 aromatic rings. The van der Waals surface area contributed by atoms with Crippen molar-refractivity contribution >= 4 is 27.5 Å². The van der Waals surface area contributed by atoms with E-state index in [2.05, 4.69) is 21.2 Å². The molecule has 3 rings (SSSR count). The van der Waals surface area contributed by atoms with Gasteiger partial charge in [0.05, 0.1) is 11.1 Å². The van der Waals surface area contributed by atoms with Crippen LogP contribution in [-0.4, -0.2) is 5.91 Å². The molecule has 0 bridgehead atoms. The number of benzene rings is 2. The van der Waals surface area contributed by atoms with Crippen molar-refractivity contribution in [1.82, 2.24) is 0 Å². The van der Waals surface area contributed by atoms with Gasteiger partial charge in [-0.3, -0.25) is 4.79 Å². The van der Waals surface area contributed by atoms with Crippen molar-refractivity contribution in [1.29, 1.82) is 0 Å². The zero-order chi connectivity index (χ0) is 14.9. The first-order valence-electron chi connectivity index (χ1n) is 6.94. The summed E-state index contributed by atoms with van der Waals surface area (Å²) in [5, 5.41) is 2.93. The molecule has 0 heterocycles. The fourth-order valence-corrected chi connectivity index (χ4v) is 3.19. The van der Waals surface area contributed by atoms with Crippen LogP contribution in [-0.2, 0) is 10.2 Å². The van der Waals surface area contributed by atoms with E-state index in [-0.39, 0.29) is 11.7 Å². The molecule has 0 atom stereocenters. The molecule has 21 heavy (non-hydrogen) atoms. The van der Waals surface area contributed by atoms with Gasteiger partial charge < -0.3 is 5.32 Å². The molecule has 4 heteroatoms. The van der Waals surface area contributed by atoms with Gasteiger partial charge in [-0.15, -0.1) is 0 Å². The molecule has 0 radical (unpaired) electrons. The minimum absolute atomic E-state index is 0.134. The topological polar surface area (TPSA) is 29.1 Å². The second-order valence-electron chi connectivity index (χ2n) is 5.35. The lowest BCUT2D eigenvalue weighted by Gasteiger charge is -2.40. The Labute approximate surface area is 131 Å². The molecule has 1 fully saturated rings. The molecule has 1 amide bonds. The predicted octanol–water partition coefficient (Wildman–Crippen LogP) is 4.65. The Morgan fingerprint density at radius 1 is 1.10 bits per heavy atom. The number of carbonyl (C=O) groups excluding carboxylic acids is 1. The van der Waals surface area contributed by atoms with Crippen molar-refractivity contribution in [3.8, 4) is 0 Å². The molecular formula is C17H15BrFNO. The first-order chi connectivity index (χ1) is 10.1. The number of amides is 1. The summed E-state index contributed by atoms with van der Waals surface area (Å²) in [5.41, 5.74) is 0.478. The lowest BCUT2D eigenvalue weighted by atomic mass is 9.63. The Balaban J connectivity index is 1.92. The summed E-state index contributed by atoms with van der Waals surface area (Å²) in [6.45, 7) is 0. The van der Waals surface area contributed by atoms with Gasteiger partial charge in [-0.25, -0.2) is 4.39 Å². The molecule has 0 saturated heterocycles. The summed E-state index contributed by atoms with van der Waals surface area (Å²) in [5.74, 6) is -0.440. The van der Waals surface area contributed by atoms with Gasteiger partial charge in [0.15, 0.2) is 0 Å². The standard InChI is InChI=1S/C17H15BrFNO/c18-13-7-2-4-9-15(13)20-16(21)17(10-5-11-17)12-6-1-3-8-14(12)19/h1-4,6-9H,5,10-11H2,(H,20,21). The Morgan fingerprint density at radius 3 is 2.38 bits per heavy atom. The highest BCUT2D eigenvalue weighted by Gasteiger charge is 2.47. The first kappa shape index (κ1) is 14.3. The van der Waals surface area contributed by atoms with Crippen LogP contribution < -0.4 is 5.32 Å². The molecule has 0 aliphatic heterocycles. The molecule has 0 aromatic heterocycles. The Hall–Kier alpha value is -1.68. The Morgan fingerprint density at radius 2 is 1.76 bits per heavy atom. The number of anilines is 1. The van der Waals surface area contributed by atoms with Gasteiger partial charge in [-0.2, -0.15) is 0 Å². The number of rotatable bonds is 3. The average Bonchev–Trinajstić information content (AvgIpc) is 2.42. The Bertz CT molecular complexity index is 682. The minimum Gasteiger partial charge on any atom is -0.324 e. The number of carbonyl (C=O) groups is 1. The maximum atomic E-state index is 14.1. The normalized spacial score (nSPS) is 16.1. The second kappa shape index (κ2) is 5.60. The van der Waals surface area contributed by atoms with E-state index in [1.807, 2.05) is 24.3 Å². The fraction of sp³-hybridized carbons (Fsp3) is 0.235. The van der Waals surface area contributed by atoms with Crippen molar-refractivity contribution in [2.45, 2.75) is 24.7 Å². The number of hydrogen-bond donors (Lipinski definition) is 1. The van der Waals surface area contributed by atoms with Gasteiger partial charge in [0.1, 0.15) is 5.82 Å². The van der Waals surface area contributed by atoms with Gasteiger partial charge in [0.25, 0.3) is 0 Å². The summed E-state index contributed by atoms with van der Waals surface area (Å²) in [6.07, 6.45) is 2.31. The van der Waals surface area contributed by atoms with Gasteiger partial charge >= 0.3 is 0 Å². The van der Waals surface area contributed by atoms with E-state index in [0.29, 0.717) is 24.1 Å². The summed E-state index contributed by atoms with van der Waals surface area (Å²) >= 11 is 3.41. The van der Waals surface area contributed by atoms with E-state index in [9.17, 15) is 9.18 Å². The highest BCUT2D eigenvalue weighted by molar-refractivity contribution is 9.10. The van der Waals surface area contributed by atoms with Crippen LogP contribution in [0.4, 0.5) is 10.1 Å². The number of hydrogen-bond acceptors (Lipinski definition) is 1. The monoisotopic (exact) mass is 347 g/mol. The summed E-state index contributed by atoms with van der Waals surface area (Å²) in [7, 11) is 0. The third-order valence-electron chi connectivity index (χ3n) is 4.15. The molecule has 1 aliphatic carbocycles. The van der Waals surface area contributed by atoms with Crippen LogP contribution in [0.25, 0.3) is 0 Å². The molecule has 1 N–H and O–H groups in total. The predicted molar refractivity (Wildman–Crippen MR) is 84.7 cm³/mol. The van der Waals surface area contributed by atoms with E-state index < -0.39 is 5.41 Å². The van der Waals surface area contributed by atoms with E-state index in [4.69, 9.17) is 0 Å². The molecule has 2 nitrogen and oxygen atoms in total. The number of nitrogens with one attached hydrogen (secondary N) is 1. The van der Waals surface area contributed by atoms with Crippen molar-refractivity contribution in [3.63, 3.8) is 0 Å². The van der Waals surface area contributed by atoms with Crippen molar-refractivity contribution in [3.05, 3.63) is 64.4 Å². The van der Waals surface area contributed by atoms with Crippen molar-refractivity contribution in [2.75, 3.05) is 5.32 Å². The van der Waals surface area contributed by atoms with Crippen LogP contribution in [0.5, 0.6) is 0 Å². The third kappa shape index (κ3) is 2.48. The van der Waals surface area contributed by atoms with E-state index in [1.165, 1.54) is 6.07 Å². The third-order valence-corrected chi connectivity index (χ3v) is 4.84. The largest absolute Gasteiger partial charge is 0.324 e. The van der Waals surface area contributed by atoms with Crippen LogP contribution in [0.3, 0.4) is 0 Å². The van der Waals surface area contributed by atoms with Crippen LogP contribution in [0.1, 0.15) is 24.8 Å². The SMILES string of the molecule is O=C(Nc1ccccc1Br)C1(c2ccccc2F)CCC1. The number of halogens is 2. The lowest BCUT2D eigenvalue weighted by molar-refractivity contribution is -0.124. The molecule has 0 unspecified atom stereocenters. The molecule has 0 spiro atoms. The highest BCUT2D eigenvalue weighted by Crippen LogP contribution is 2.45. The maximum absolute atomic E-state index is 14.1. The second-order valence-corrected chi connectivity index (χ2v) is 6.20. The van der Waals surface area contributed by atoms with Crippen molar-refractivity contribution < 1.29 is 9.18 Å². The van der Waals surface area contributed by atoms with Crippen LogP contribution in [0.15, 0.2) is 53.0 Å². The molecule has 2 aromatic carbocycles. The summed E-state index contributed by atoms with van der Waals surface area (Å²) < 4.78 is 14.9. The van der Waals surface area contributed by atoms with Gasteiger partial charge in [-0.1, -0.05) is 36.8 Å². The van der Waals surface area contributed by atoms with Gasteiger partial charge in [-0.05, 0) is 47.0 Å². The average molecular weight is 348 g/mol. The molecular weight excluding hydrogens is 333 g/mol. The van der Waals surface area contributed by atoms with Crippen molar-refractivity contribution in [2.24, 2.45) is 0 Å². The zero-order valence-electron chi connectivity index (χ0n) is 11.4. The quantitative estimate of drug-likeness (QED) is 0.860. The van der Waals surface area contributed by atoms with Gasteiger partial charge in [0, 0.05) is 10.0 Å². The van der Waals surface area contributed by atoms with Gasteiger partial charge in [0.2, 0.25) is 5.91 Å². The zero-order valence-corrected chi connectivity index (χ0v) is 13.0. The lowest BCUT2D eigenvalue weighted by Crippen LogP contribution is -2.46. The van der Waals surface area contributed by atoms with E-state index in [0.717, 1.165) is 10.9 Å². The van der Waals surface area contributed by atoms with Crippen LogP contribution in [0, 0.1) is 5.82 Å². The highest BCUT2D eigenvalue weighted by atomic mass is 79.9. The minimum atomic E-state index is -0.735. The number of para-hydroxylation sites is 1. The fourth-order valence-electron chi connectivity index (χ4n) is 2.80. The molecule has 108 valence electrons. The summed E-state index contributed by atoms with van der Waals surface area (Å²) in [6, 6.07) is 14.0. The molecule has 1 aliphatic rings. The van der Waals surface area contributed by atoms with E-state index >= 15 is 0 Å². The van der Waals surface area contributed by atoms with Crippen LogP contribution >= 0.6 is 15.9 Å². The maximum Gasteiger partial charge on any atom is 0.235 e. The smallest absolute Gasteiger partial charge is 0.235 e. The molecule has 1 saturated carbocycles. The van der Waals surface area contributed by atoms with Crippen LogP contribution in [0.2, 0.25) is 0 Å². The Kier molecular flexibility index (Phi) is 3.81. The van der Waals surface area contributed by atoms with E-state index in [1.54, 1.807) is 18.2 Å². The summed E-state index contributed by atoms with van der Waals surface area (Å²) in [4.78, 5) is 12.7.